The van der Waals surface area contributed by atoms with E-state index in [1.807, 2.05) is 0 Å². The van der Waals surface area contributed by atoms with Gasteiger partial charge in [0.1, 0.15) is 5.54 Å². The summed E-state index contributed by atoms with van der Waals surface area (Å²) in [5, 5.41) is 12.2. The first-order valence-corrected chi connectivity index (χ1v) is 10.5. The highest BCUT2D eigenvalue weighted by molar-refractivity contribution is 5.95. The Balaban J connectivity index is 1.66. The van der Waals surface area contributed by atoms with E-state index in [1.165, 1.54) is 6.42 Å². The summed E-state index contributed by atoms with van der Waals surface area (Å²) in [4.78, 5) is 39.4. The zero-order chi connectivity index (χ0) is 20.1. The van der Waals surface area contributed by atoms with Gasteiger partial charge in [-0.05, 0) is 18.8 Å². The maximum Gasteiger partial charge on any atom is 0.243 e. The predicted octanol–water partition coefficient (Wildman–Crippen LogP) is 0.174. The summed E-state index contributed by atoms with van der Waals surface area (Å²) in [7, 11) is 0. The molecule has 158 valence electrons. The molecule has 1 saturated heterocycles. The minimum absolute atomic E-state index is 0.0399. The van der Waals surface area contributed by atoms with E-state index in [4.69, 9.17) is 10.5 Å². The molecule has 0 spiro atoms. The molecule has 0 aromatic carbocycles. The normalized spacial score (nSPS) is 29.2. The van der Waals surface area contributed by atoms with E-state index in [1.54, 1.807) is 4.90 Å². The monoisotopic (exact) mass is 395 g/mol. The number of morpholine rings is 1. The van der Waals surface area contributed by atoms with E-state index in [9.17, 15) is 19.5 Å². The van der Waals surface area contributed by atoms with Gasteiger partial charge in [-0.15, -0.1) is 0 Å². The van der Waals surface area contributed by atoms with Crippen molar-refractivity contribution >= 4 is 17.7 Å². The zero-order valence-corrected chi connectivity index (χ0v) is 16.5. The number of hydrogen-bond donors (Lipinski definition) is 3. The number of nitrogens with two attached hydrogens (primary N) is 1. The number of aliphatic hydroxyl groups excluding tert-OH is 1. The Morgan fingerprint density at radius 2 is 1.86 bits per heavy atom. The molecule has 0 aromatic rings. The first-order chi connectivity index (χ1) is 13.5. The van der Waals surface area contributed by atoms with Crippen LogP contribution < -0.4 is 11.1 Å². The summed E-state index contributed by atoms with van der Waals surface area (Å²) in [6.07, 6.45) is 6.86. The summed E-state index contributed by atoms with van der Waals surface area (Å²) in [6.45, 7) is 1.95. The fourth-order valence-electron chi connectivity index (χ4n) is 4.65. The fraction of sp³-hybridized carbons (Fsp3) is 0.850. The van der Waals surface area contributed by atoms with Crippen molar-refractivity contribution in [3.63, 3.8) is 0 Å². The molecule has 3 atom stereocenters. The Bertz CT molecular complexity index is 586. The van der Waals surface area contributed by atoms with E-state index in [0.717, 1.165) is 25.7 Å². The molecule has 4 N–H and O–H groups in total. The third kappa shape index (κ3) is 4.84. The van der Waals surface area contributed by atoms with Crippen molar-refractivity contribution < 1.29 is 24.2 Å². The van der Waals surface area contributed by atoms with E-state index >= 15 is 0 Å². The summed E-state index contributed by atoms with van der Waals surface area (Å²) in [5.74, 6) is -1.33. The van der Waals surface area contributed by atoms with Crippen LogP contribution in [-0.4, -0.2) is 66.2 Å². The van der Waals surface area contributed by atoms with E-state index in [-0.39, 0.29) is 30.8 Å². The first-order valence-electron chi connectivity index (χ1n) is 10.5. The van der Waals surface area contributed by atoms with Crippen molar-refractivity contribution in [1.82, 2.24) is 10.2 Å². The Morgan fingerprint density at radius 3 is 2.43 bits per heavy atom. The standard InChI is InChI=1S/C20H33N3O5/c21-19(27)20(12-16(20)13-24)22-18(26)15(10-14-4-2-1-3-5-14)11-17(25)23-6-8-28-9-7-23/h14-16,24H,1-13H2,(H2,21,27)(H,22,26)/t15?,16?,20-/m0/s1. The van der Waals surface area contributed by atoms with Crippen molar-refractivity contribution in [3.05, 3.63) is 0 Å². The number of rotatable bonds is 8. The Kier molecular flexibility index (Phi) is 6.93. The average molecular weight is 396 g/mol. The zero-order valence-electron chi connectivity index (χ0n) is 16.5. The van der Waals surface area contributed by atoms with Crippen LogP contribution in [0.1, 0.15) is 51.4 Å². The number of primary amides is 1. The van der Waals surface area contributed by atoms with Crippen LogP contribution in [0, 0.1) is 17.8 Å². The van der Waals surface area contributed by atoms with Gasteiger partial charge in [-0.1, -0.05) is 32.1 Å². The third-order valence-corrected chi connectivity index (χ3v) is 6.61. The van der Waals surface area contributed by atoms with Crippen molar-refractivity contribution in [2.75, 3.05) is 32.9 Å². The second kappa shape index (κ2) is 9.22. The molecular formula is C20H33N3O5. The molecule has 3 amide bonds. The van der Waals surface area contributed by atoms with E-state index in [2.05, 4.69) is 5.32 Å². The lowest BCUT2D eigenvalue weighted by Crippen LogP contribution is -2.51. The molecule has 3 aliphatic rings. The minimum atomic E-state index is -1.15. The predicted molar refractivity (Wildman–Crippen MR) is 102 cm³/mol. The van der Waals surface area contributed by atoms with Crippen LogP contribution in [0.4, 0.5) is 0 Å². The van der Waals surface area contributed by atoms with Crippen molar-refractivity contribution in [1.29, 1.82) is 0 Å². The molecular weight excluding hydrogens is 362 g/mol. The number of aliphatic hydroxyl groups is 1. The highest BCUT2D eigenvalue weighted by Crippen LogP contribution is 2.43. The number of amides is 3. The quantitative estimate of drug-likeness (QED) is 0.541. The van der Waals surface area contributed by atoms with E-state index < -0.39 is 17.4 Å². The second-order valence-corrected chi connectivity index (χ2v) is 8.54. The Labute approximate surface area is 166 Å². The smallest absolute Gasteiger partial charge is 0.243 e. The van der Waals surface area contributed by atoms with Gasteiger partial charge in [0, 0.05) is 38.0 Å². The van der Waals surface area contributed by atoms with Gasteiger partial charge in [-0.2, -0.15) is 0 Å². The van der Waals surface area contributed by atoms with Gasteiger partial charge in [0.2, 0.25) is 17.7 Å². The SMILES string of the molecule is NC(=O)[C@]1(NC(=O)C(CC(=O)N2CCOCC2)CC2CCCCC2)CC1CO. The maximum atomic E-state index is 13.1. The Morgan fingerprint density at radius 1 is 1.18 bits per heavy atom. The van der Waals surface area contributed by atoms with Gasteiger partial charge in [0.25, 0.3) is 0 Å². The van der Waals surface area contributed by atoms with Crippen LogP contribution in [-0.2, 0) is 19.1 Å². The lowest BCUT2D eigenvalue weighted by atomic mass is 9.81. The maximum absolute atomic E-state index is 13.1. The molecule has 1 heterocycles. The molecule has 8 heteroatoms. The molecule has 1 aliphatic heterocycles. The highest BCUT2D eigenvalue weighted by Gasteiger charge is 2.60. The van der Waals surface area contributed by atoms with Crippen molar-refractivity contribution in [2.45, 2.75) is 56.9 Å². The Hall–Kier alpha value is -1.67. The first kappa shape index (κ1) is 21.0. The number of carbonyl (C=O) groups excluding carboxylic acids is 3. The summed E-state index contributed by atoms with van der Waals surface area (Å²) >= 11 is 0. The fourth-order valence-corrected chi connectivity index (χ4v) is 4.65. The van der Waals surface area contributed by atoms with Crippen molar-refractivity contribution in [2.24, 2.45) is 23.5 Å². The largest absolute Gasteiger partial charge is 0.396 e. The summed E-state index contributed by atoms with van der Waals surface area (Å²) < 4.78 is 5.30. The average Bonchev–Trinajstić information content (AvgIpc) is 3.43. The van der Waals surface area contributed by atoms with Crippen LogP contribution in [0.3, 0.4) is 0 Å². The summed E-state index contributed by atoms with van der Waals surface area (Å²) in [5.41, 5.74) is 4.34. The summed E-state index contributed by atoms with van der Waals surface area (Å²) in [6, 6.07) is 0. The number of ether oxygens (including phenoxy) is 1. The van der Waals surface area contributed by atoms with Crippen LogP contribution in [0.15, 0.2) is 0 Å². The van der Waals surface area contributed by atoms with Crippen LogP contribution in [0.2, 0.25) is 0 Å². The molecule has 2 aliphatic carbocycles. The number of hydrogen-bond acceptors (Lipinski definition) is 5. The van der Waals surface area contributed by atoms with Crippen LogP contribution in [0.5, 0.6) is 0 Å². The lowest BCUT2D eigenvalue weighted by Gasteiger charge is -2.30. The van der Waals surface area contributed by atoms with Gasteiger partial charge in [0.05, 0.1) is 13.2 Å². The molecule has 0 bridgehead atoms. The molecule has 2 unspecified atom stereocenters. The molecule has 8 nitrogen and oxygen atoms in total. The van der Waals surface area contributed by atoms with Crippen molar-refractivity contribution in [3.8, 4) is 0 Å². The number of carbonyl (C=O) groups is 3. The molecule has 3 fully saturated rings. The van der Waals surface area contributed by atoms with Gasteiger partial charge in [-0.3, -0.25) is 14.4 Å². The van der Waals surface area contributed by atoms with Gasteiger partial charge < -0.3 is 25.8 Å². The van der Waals surface area contributed by atoms with E-state index in [0.29, 0.717) is 45.1 Å². The van der Waals surface area contributed by atoms with Gasteiger partial charge >= 0.3 is 0 Å². The minimum Gasteiger partial charge on any atom is -0.396 e. The topological polar surface area (TPSA) is 122 Å². The molecule has 0 aromatic heterocycles. The third-order valence-electron chi connectivity index (χ3n) is 6.61. The number of nitrogens with one attached hydrogen (secondary N) is 1. The molecule has 28 heavy (non-hydrogen) atoms. The lowest BCUT2D eigenvalue weighted by molar-refractivity contribution is -0.140. The highest BCUT2D eigenvalue weighted by atomic mass is 16.5. The molecule has 3 rings (SSSR count). The van der Waals surface area contributed by atoms with Gasteiger partial charge in [0.15, 0.2) is 0 Å². The van der Waals surface area contributed by atoms with Crippen LogP contribution in [0.25, 0.3) is 0 Å². The van der Waals surface area contributed by atoms with Gasteiger partial charge in [-0.25, -0.2) is 0 Å². The van der Waals surface area contributed by atoms with Crippen LogP contribution >= 0.6 is 0 Å². The molecule has 0 radical (unpaired) electrons. The second-order valence-electron chi connectivity index (χ2n) is 8.54. The molecule has 2 saturated carbocycles. The number of nitrogens with zero attached hydrogens (tertiary/aromatic N) is 1.